The molecular formula is C14H11F3N2O2. The molecule has 0 amide bonds. The van der Waals surface area contributed by atoms with Crippen LogP contribution in [0.3, 0.4) is 0 Å². The summed E-state index contributed by atoms with van der Waals surface area (Å²) in [5, 5.41) is 11.7. The molecule has 2 aromatic rings. The molecule has 110 valence electrons. The van der Waals surface area contributed by atoms with Gasteiger partial charge in [0.25, 0.3) is 0 Å². The summed E-state index contributed by atoms with van der Waals surface area (Å²) in [6, 6.07) is 5.97. The summed E-state index contributed by atoms with van der Waals surface area (Å²) in [5.41, 5.74) is -0.228. The predicted octanol–water partition coefficient (Wildman–Crippen LogP) is 3.85. The highest BCUT2D eigenvalue weighted by Gasteiger charge is 2.30. The van der Waals surface area contributed by atoms with Crippen LogP contribution in [0.1, 0.15) is 21.5 Å². The lowest BCUT2D eigenvalue weighted by molar-refractivity contribution is -0.137. The van der Waals surface area contributed by atoms with Gasteiger partial charge < -0.3 is 10.4 Å². The molecule has 2 N–H and O–H groups in total. The molecule has 0 spiro atoms. The molecule has 2 rings (SSSR count). The number of alkyl halides is 3. The van der Waals surface area contributed by atoms with E-state index < -0.39 is 17.7 Å². The SMILES string of the molecule is Cc1ccc(C(F)(F)F)cc1Nc1ncccc1C(=O)O. The molecule has 0 saturated carbocycles. The molecule has 0 aliphatic heterocycles. The second-order valence-electron chi connectivity index (χ2n) is 4.36. The van der Waals surface area contributed by atoms with E-state index in [0.29, 0.717) is 5.56 Å². The van der Waals surface area contributed by atoms with Crippen molar-refractivity contribution in [3.63, 3.8) is 0 Å². The second kappa shape index (κ2) is 5.43. The Morgan fingerprint density at radius 3 is 2.62 bits per heavy atom. The molecule has 0 saturated heterocycles. The quantitative estimate of drug-likeness (QED) is 0.903. The lowest BCUT2D eigenvalue weighted by Crippen LogP contribution is -2.08. The molecule has 7 heteroatoms. The van der Waals surface area contributed by atoms with Crippen molar-refractivity contribution in [3.8, 4) is 0 Å². The van der Waals surface area contributed by atoms with Gasteiger partial charge >= 0.3 is 12.1 Å². The van der Waals surface area contributed by atoms with E-state index in [1.54, 1.807) is 6.92 Å². The highest BCUT2D eigenvalue weighted by Crippen LogP contribution is 2.33. The van der Waals surface area contributed by atoms with Gasteiger partial charge in [-0.3, -0.25) is 0 Å². The van der Waals surface area contributed by atoms with E-state index in [9.17, 15) is 18.0 Å². The molecule has 1 aromatic heterocycles. The monoisotopic (exact) mass is 296 g/mol. The minimum absolute atomic E-state index is 0.00701. The third-order valence-corrected chi connectivity index (χ3v) is 2.86. The summed E-state index contributed by atoms with van der Waals surface area (Å²) in [5.74, 6) is -1.22. The average molecular weight is 296 g/mol. The number of halogens is 3. The smallest absolute Gasteiger partial charge is 0.416 e. The van der Waals surface area contributed by atoms with Gasteiger partial charge in [-0.1, -0.05) is 6.07 Å². The van der Waals surface area contributed by atoms with E-state index in [1.165, 1.54) is 24.4 Å². The summed E-state index contributed by atoms with van der Waals surface area (Å²) >= 11 is 0. The summed E-state index contributed by atoms with van der Waals surface area (Å²) in [6.45, 7) is 1.62. The maximum atomic E-state index is 12.7. The van der Waals surface area contributed by atoms with Crippen LogP contribution < -0.4 is 5.32 Å². The Balaban J connectivity index is 2.43. The number of aromatic carboxylic acids is 1. The van der Waals surface area contributed by atoms with Crippen LogP contribution in [0.4, 0.5) is 24.7 Å². The fraction of sp³-hybridized carbons (Fsp3) is 0.143. The van der Waals surface area contributed by atoms with Crippen LogP contribution in [0, 0.1) is 6.92 Å². The standard InChI is InChI=1S/C14H11F3N2O2/c1-8-4-5-9(14(15,16)17)7-11(8)19-12-10(13(20)21)3-2-6-18-12/h2-7H,1H3,(H,18,19)(H,20,21). The second-order valence-corrected chi connectivity index (χ2v) is 4.36. The molecule has 0 aliphatic carbocycles. The molecule has 0 unspecified atom stereocenters. The van der Waals surface area contributed by atoms with Crippen molar-refractivity contribution in [2.45, 2.75) is 13.1 Å². The molecule has 1 aromatic carbocycles. The Kier molecular flexibility index (Phi) is 3.84. The average Bonchev–Trinajstić information content (AvgIpc) is 2.40. The number of hydrogen-bond donors (Lipinski definition) is 2. The molecule has 0 aliphatic rings. The zero-order valence-corrected chi connectivity index (χ0v) is 10.9. The number of hydrogen-bond acceptors (Lipinski definition) is 3. The van der Waals surface area contributed by atoms with E-state index in [1.807, 2.05) is 0 Å². The first-order valence-corrected chi connectivity index (χ1v) is 5.92. The number of benzene rings is 1. The van der Waals surface area contributed by atoms with Crippen molar-refractivity contribution < 1.29 is 23.1 Å². The van der Waals surface area contributed by atoms with Crippen LogP contribution in [0.25, 0.3) is 0 Å². The number of aromatic nitrogens is 1. The third-order valence-electron chi connectivity index (χ3n) is 2.86. The Morgan fingerprint density at radius 1 is 1.29 bits per heavy atom. The van der Waals surface area contributed by atoms with E-state index in [4.69, 9.17) is 5.11 Å². The van der Waals surface area contributed by atoms with Crippen LogP contribution in [0.2, 0.25) is 0 Å². The van der Waals surface area contributed by atoms with Crippen LogP contribution in [-0.2, 0) is 6.18 Å². The van der Waals surface area contributed by atoms with Crippen molar-refractivity contribution in [2.24, 2.45) is 0 Å². The highest BCUT2D eigenvalue weighted by molar-refractivity contribution is 5.94. The first-order valence-electron chi connectivity index (χ1n) is 5.92. The van der Waals surface area contributed by atoms with Crippen LogP contribution >= 0.6 is 0 Å². The molecule has 0 atom stereocenters. The number of carboxylic acids is 1. The number of nitrogens with one attached hydrogen (secondary N) is 1. The van der Waals surface area contributed by atoms with Crippen molar-refractivity contribution in [3.05, 3.63) is 53.2 Å². The van der Waals surface area contributed by atoms with Gasteiger partial charge in [0.15, 0.2) is 0 Å². The number of carbonyl (C=O) groups is 1. The van der Waals surface area contributed by atoms with Gasteiger partial charge in [0.2, 0.25) is 0 Å². The number of pyridine rings is 1. The molecule has 0 fully saturated rings. The minimum atomic E-state index is -4.47. The fourth-order valence-corrected chi connectivity index (χ4v) is 1.74. The number of carboxylic acid groups (broad SMARTS) is 1. The van der Waals surface area contributed by atoms with Gasteiger partial charge in [-0.05, 0) is 36.8 Å². The lowest BCUT2D eigenvalue weighted by Gasteiger charge is -2.14. The molecular weight excluding hydrogens is 285 g/mol. The van der Waals surface area contributed by atoms with E-state index in [-0.39, 0.29) is 17.1 Å². The number of aryl methyl sites for hydroxylation is 1. The van der Waals surface area contributed by atoms with Gasteiger partial charge in [0, 0.05) is 11.9 Å². The molecule has 1 heterocycles. The Labute approximate surface area is 118 Å². The van der Waals surface area contributed by atoms with Crippen LogP contribution in [-0.4, -0.2) is 16.1 Å². The first-order chi connectivity index (χ1) is 9.79. The summed E-state index contributed by atoms with van der Waals surface area (Å²) in [6.07, 6.45) is -3.11. The number of rotatable bonds is 3. The summed E-state index contributed by atoms with van der Waals surface area (Å²) in [4.78, 5) is 14.9. The molecule has 0 bridgehead atoms. The summed E-state index contributed by atoms with van der Waals surface area (Å²) in [7, 11) is 0. The maximum absolute atomic E-state index is 12.7. The Morgan fingerprint density at radius 2 is 2.00 bits per heavy atom. The van der Waals surface area contributed by atoms with E-state index in [0.717, 1.165) is 12.1 Å². The fourth-order valence-electron chi connectivity index (χ4n) is 1.74. The topological polar surface area (TPSA) is 62.2 Å². The molecule has 0 radical (unpaired) electrons. The Hall–Kier alpha value is -2.57. The van der Waals surface area contributed by atoms with Crippen LogP contribution in [0.5, 0.6) is 0 Å². The van der Waals surface area contributed by atoms with Crippen molar-refractivity contribution in [2.75, 3.05) is 5.32 Å². The minimum Gasteiger partial charge on any atom is -0.478 e. The number of nitrogens with zero attached hydrogens (tertiary/aromatic N) is 1. The van der Waals surface area contributed by atoms with Gasteiger partial charge in [-0.25, -0.2) is 9.78 Å². The Bertz CT molecular complexity index is 684. The lowest BCUT2D eigenvalue weighted by atomic mass is 10.1. The van der Waals surface area contributed by atoms with Crippen LogP contribution in [0.15, 0.2) is 36.5 Å². The number of anilines is 2. The van der Waals surface area contributed by atoms with E-state index >= 15 is 0 Å². The zero-order valence-electron chi connectivity index (χ0n) is 10.9. The zero-order chi connectivity index (χ0) is 15.6. The van der Waals surface area contributed by atoms with Gasteiger partial charge in [-0.2, -0.15) is 13.2 Å². The first kappa shape index (κ1) is 14.8. The third kappa shape index (κ3) is 3.31. The summed E-state index contributed by atoms with van der Waals surface area (Å²) < 4.78 is 38.1. The van der Waals surface area contributed by atoms with E-state index in [2.05, 4.69) is 10.3 Å². The predicted molar refractivity (Wildman–Crippen MR) is 70.7 cm³/mol. The molecule has 4 nitrogen and oxygen atoms in total. The van der Waals surface area contributed by atoms with Crippen molar-refractivity contribution in [1.82, 2.24) is 4.98 Å². The van der Waals surface area contributed by atoms with Gasteiger partial charge in [-0.15, -0.1) is 0 Å². The normalized spacial score (nSPS) is 11.2. The van der Waals surface area contributed by atoms with Gasteiger partial charge in [0.1, 0.15) is 11.4 Å². The maximum Gasteiger partial charge on any atom is 0.416 e. The van der Waals surface area contributed by atoms with Crippen molar-refractivity contribution in [1.29, 1.82) is 0 Å². The molecule has 21 heavy (non-hydrogen) atoms. The largest absolute Gasteiger partial charge is 0.478 e. The highest BCUT2D eigenvalue weighted by atomic mass is 19.4. The van der Waals surface area contributed by atoms with Gasteiger partial charge in [0.05, 0.1) is 5.56 Å². The van der Waals surface area contributed by atoms with Crippen molar-refractivity contribution >= 4 is 17.5 Å².